The summed E-state index contributed by atoms with van der Waals surface area (Å²) in [4.78, 5) is 0. The van der Waals surface area contributed by atoms with Gasteiger partial charge in [0.25, 0.3) is 0 Å². The van der Waals surface area contributed by atoms with Gasteiger partial charge in [-0.2, -0.15) is 0 Å². The maximum Gasteiger partial charge on any atom is 0.146 e. The van der Waals surface area contributed by atoms with Gasteiger partial charge in [0.05, 0.1) is 0 Å². The molecule has 17 heavy (non-hydrogen) atoms. The molecule has 0 aliphatic heterocycles. The number of halogens is 1. The highest BCUT2D eigenvalue weighted by atomic mass is 35.5. The average molecular weight is 274 g/mol. The van der Waals surface area contributed by atoms with E-state index in [1.807, 2.05) is 31.4 Å². The van der Waals surface area contributed by atoms with Crippen LogP contribution in [0.25, 0.3) is 0 Å². The minimum Gasteiger partial charge on any atom is -0.409 e. The minimum absolute atomic E-state index is 0.0507. The highest BCUT2D eigenvalue weighted by Gasteiger charge is 2.19. The van der Waals surface area contributed by atoms with E-state index in [9.17, 15) is 0 Å². The Morgan fingerprint density at radius 2 is 1.82 bits per heavy atom. The normalized spacial score (nSPS) is 12.0. The van der Waals surface area contributed by atoms with Gasteiger partial charge < -0.3 is 4.18 Å². The van der Waals surface area contributed by atoms with Crippen LogP contribution in [0.1, 0.15) is 31.9 Å². The fraction of sp³-hybridized carbons (Fsp3) is 0.538. The van der Waals surface area contributed by atoms with Crippen molar-refractivity contribution in [3.8, 4) is 5.75 Å². The van der Waals surface area contributed by atoms with E-state index in [0.717, 1.165) is 21.9 Å². The first kappa shape index (κ1) is 14.7. The Balaban J connectivity index is 3.02. The first-order chi connectivity index (χ1) is 7.71. The van der Waals surface area contributed by atoms with Crippen molar-refractivity contribution in [2.24, 2.45) is 0 Å². The SMILES string of the molecule is Cc1cc(C(C)(C)C)c(Cl)cc1OSN(C)C. The summed E-state index contributed by atoms with van der Waals surface area (Å²) in [6, 6.07) is 4.00. The summed E-state index contributed by atoms with van der Waals surface area (Å²) in [5.41, 5.74) is 2.31. The number of nitrogens with zero attached hydrogens (tertiary/aromatic N) is 1. The Kier molecular flexibility index (Phi) is 4.76. The molecule has 0 saturated carbocycles. The van der Waals surface area contributed by atoms with Gasteiger partial charge in [0.2, 0.25) is 0 Å². The summed E-state index contributed by atoms with van der Waals surface area (Å²) in [5, 5.41) is 0.762. The van der Waals surface area contributed by atoms with E-state index < -0.39 is 0 Å². The molecule has 0 unspecified atom stereocenters. The quantitative estimate of drug-likeness (QED) is 0.596. The van der Waals surface area contributed by atoms with Gasteiger partial charge >= 0.3 is 0 Å². The maximum absolute atomic E-state index is 6.30. The van der Waals surface area contributed by atoms with Gasteiger partial charge in [-0.15, -0.1) is 0 Å². The highest BCUT2D eigenvalue weighted by Crippen LogP contribution is 2.35. The molecule has 0 aliphatic rings. The molecule has 1 aromatic rings. The van der Waals surface area contributed by atoms with E-state index in [0.29, 0.717) is 0 Å². The Labute approximate surface area is 114 Å². The zero-order valence-corrected chi connectivity index (χ0v) is 12.9. The summed E-state index contributed by atoms with van der Waals surface area (Å²) in [5.74, 6) is 0.821. The monoisotopic (exact) mass is 273 g/mol. The van der Waals surface area contributed by atoms with Crippen LogP contribution in [-0.2, 0) is 5.41 Å². The Bertz CT molecular complexity index is 399. The Morgan fingerprint density at radius 3 is 2.29 bits per heavy atom. The highest BCUT2D eigenvalue weighted by molar-refractivity contribution is 7.92. The third kappa shape index (κ3) is 4.09. The van der Waals surface area contributed by atoms with Gasteiger partial charge in [0.15, 0.2) is 0 Å². The van der Waals surface area contributed by atoms with E-state index >= 15 is 0 Å². The number of hydrogen-bond donors (Lipinski definition) is 0. The molecule has 0 aliphatic carbocycles. The third-order valence-corrected chi connectivity index (χ3v) is 3.21. The predicted octanol–water partition coefficient (Wildman–Crippen LogP) is 4.45. The van der Waals surface area contributed by atoms with Crippen LogP contribution in [0.5, 0.6) is 5.75 Å². The van der Waals surface area contributed by atoms with Crippen LogP contribution in [0.2, 0.25) is 5.02 Å². The van der Waals surface area contributed by atoms with Gasteiger partial charge in [-0.25, -0.2) is 4.31 Å². The van der Waals surface area contributed by atoms with Crippen molar-refractivity contribution < 1.29 is 4.18 Å². The number of rotatable bonds is 3. The molecule has 4 heteroatoms. The molecular weight excluding hydrogens is 254 g/mol. The zero-order chi connectivity index (χ0) is 13.2. The van der Waals surface area contributed by atoms with Crippen molar-refractivity contribution >= 4 is 23.8 Å². The van der Waals surface area contributed by atoms with Crippen LogP contribution in [0.4, 0.5) is 0 Å². The lowest BCUT2D eigenvalue weighted by Gasteiger charge is -2.22. The molecule has 0 N–H and O–H groups in total. The van der Waals surface area contributed by atoms with Gasteiger partial charge in [0, 0.05) is 25.2 Å². The van der Waals surface area contributed by atoms with Crippen molar-refractivity contribution in [1.29, 1.82) is 0 Å². The molecule has 0 radical (unpaired) electrons. The molecule has 0 bridgehead atoms. The van der Waals surface area contributed by atoms with E-state index in [1.54, 1.807) is 0 Å². The average Bonchev–Trinajstić information content (AvgIpc) is 2.17. The standard InChI is InChI=1S/C13H20ClNOS/c1-9-7-10(13(2,3)4)11(14)8-12(9)16-17-15(5)6/h7-8H,1-6H3. The molecule has 0 saturated heterocycles. The largest absolute Gasteiger partial charge is 0.409 e. The van der Waals surface area contributed by atoms with E-state index in [-0.39, 0.29) is 5.41 Å². The fourth-order valence-electron chi connectivity index (χ4n) is 1.44. The van der Waals surface area contributed by atoms with E-state index in [1.165, 1.54) is 12.2 Å². The smallest absolute Gasteiger partial charge is 0.146 e. The summed E-state index contributed by atoms with van der Waals surface area (Å²) in [6.07, 6.45) is 0. The third-order valence-electron chi connectivity index (χ3n) is 2.35. The summed E-state index contributed by atoms with van der Waals surface area (Å²) in [6.45, 7) is 8.51. The van der Waals surface area contributed by atoms with Crippen molar-refractivity contribution in [3.05, 3.63) is 28.3 Å². The molecule has 96 valence electrons. The van der Waals surface area contributed by atoms with Crippen LogP contribution in [0.15, 0.2) is 12.1 Å². The predicted molar refractivity (Wildman–Crippen MR) is 76.8 cm³/mol. The second kappa shape index (κ2) is 5.51. The zero-order valence-electron chi connectivity index (χ0n) is 11.3. The molecule has 0 fully saturated rings. The fourth-order valence-corrected chi connectivity index (χ4v) is 2.29. The van der Waals surface area contributed by atoms with Crippen LogP contribution in [-0.4, -0.2) is 18.4 Å². The molecule has 2 nitrogen and oxygen atoms in total. The van der Waals surface area contributed by atoms with E-state index in [4.69, 9.17) is 15.8 Å². The van der Waals surface area contributed by atoms with Crippen molar-refractivity contribution in [2.75, 3.05) is 14.1 Å². The lowest BCUT2D eigenvalue weighted by Crippen LogP contribution is -2.12. The molecule has 0 heterocycles. The molecule has 1 aromatic carbocycles. The van der Waals surface area contributed by atoms with Gasteiger partial charge in [0.1, 0.15) is 18.0 Å². The molecule has 0 aromatic heterocycles. The topological polar surface area (TPSA) is 12.5 Å². The lowest BCUT2D eigenvalue weighted by atomic mass is 9.86. The molecule has 0 spiro atoms. The Hall–Kier alpha value is -0.380. The first-order valence-electron chi connectivity index (χ1n) is 5.54. The van der Waals surface area contributed by atoms with Crippen LogP contribution in [0, 0.1) is 6.92 Å². The first-order valence-corrected chi connectivity index (χ1v) is 6.62. The molecule has 0 atom stereocenters. The minimum atomic E-state index is 0.0507. The van der Waals surface area contributed by atoms with Crippen molar-refractivity contribution in [1.82, 2.24) is 4.31 Å². The molecule has 0 amide bonds. The molecule has 1 rings (SSSR count). The van der Waals surface area contributed by atoms with Crippen LogP contribution < -0.4 is 4.18 Å². The van der Waals surface area contributed by atoms with Gasteiger partial charge in [-0.1, -0.05) is 38.4 Å². The second-order valence-electron chi connectivity index (χ2n) is 5.32. The molecular formula is C13H20ClNOS. The van der Waals surface area contributed by atoms with Crippen molar-refractivity contribution in [3.63, 3.8) is 0 Å². The number of aryl methyl sites for hydroxylation is 1. The van der Waals surface area contributed by atoms with Gasteiger partial charge in [-0.05, 0) is 23.5 Å². The van der Waals surface area contributed by atoms with Gasteiger partial charge in [-0.3, -0.25) is 0 Å². The number of hydrogen-bond acceptors (Lipinski definition) is 3. The lowest BCUT2D eigenvalue weighted by molar-refractivity contribution is 0.566. The maximum atomic E-state index is 6.30. The van der Waals surface area contributed by atoms with E-state index in [2.05, 4.69) is 26.8 Å². The summed E-state index contributed by atoms with van der Waals surface area (Å²) >= 11 is 7.59. The second-order valence-corrected chi connectivity index (χ2v) is 6.77. The number of benzene rings is 1. The summed E-state index contributed by atoms with van der Waals surface area (Å²) < 4.78 is 7.50. The Morgan fingerprint density at radius 1 is 1.24 bits per heavy atom. The van der Waals surface area contributed by atoms with Crippen LogP contribution >= 0.6 is 23.8 Å². The summed E-state index contributed by atoms with van der Waals surface area (Å²) in [7, 11) is 3.87. The van der Waals surface area contributed by atoms with Crippen molar-refractivity contribution in [2.45, 2.75) is 33.1 Å². The van der Waals surface area contributed by atoms with Crippen LogP contribution in [0.3, 0.4) is 0 Å².